The number of hydrogen-bond donors (Lipinski definition) is 1. The molecule has 0 aromatic heterocycles. The number of hydrogen-bond acceptors (Lipinski definition) is 3. The van der Waals surface area contributed by atoms with Crippen molar-refractivity contribution in [3.8, 4) is 0 Å². The fourth-order valence-corrected chi connectivity index (χ4v) is 3.32. The molecule has 0 saturated heterocycles. The molecule has 0 fully saturated rings. The fraction of sp³-hybridized carbons (Fsp3) is 0.280. The van der Waals surface area contributed by atoms with E-state index >= 15 is 0 Å². The van der Waals surface area contributed by atoms with E-state index in [-0.39, 0.29) is 6.04 Å². The highest BCUT2D eigenvalue weighted by Gasteiger charge is 2.12. The summed E-state index contributed by atoms with van der Waals surface area (Å²) in [5, 5.41) is 3.77. The molecule has 3 aromatic rings. The summed E-state index contributed by atoms with van der Waals surface area (Å²) < 4.78 is 0. The quantitative estimate of drug-likeness (QED) is 0.606. The maximum Gasteiger partial charge on any atom is 0.0363 e. The van der Waals surface area contributed by atoms with Crippen LogP contribution >= 0.6 is 0 Å². The molecule has 146 valence electrons. The van der Waals surface area contributed by atoms with Gasteiger partial charge >= 0.3 is 0 Å². The maximum absolute atomic E-state index is 3.77. The van der Waals surface area contributed by atoms with Gasteiger partial charge in [-0.05, 0) is 47.4 Å². The second-order valence-electron chi connectivity index (χ2n) is 7.67. The highest BCUT2D eigenvalue weighted by Crippen LogP contribution is 2.22. The molecule has 0 heterocycles. The summed E-state index contributed by atoms with van der Waals surface area (Å²) in [5.74, 6) is 0. The topological polar surface area (TPSA) is 18.5 Å². The highest BCUT2D eigenvalue weighted by molar-refractivity contribution is 5.47. The van der Waals surface area contributed by atoms with E-state index in [1.165, 1.54) is 28.1 Å². The average Bonchev–Trinajstić information content (AvgIpc) is 2.72. The first kappa shape index (κ1) is 20.0. The normalized spacial score (nSPS) is 11.9. The summed E-state index contributed by atoms with van der Waals surface area (Å²) in [5.41, 5.74) is 6.41. The first-order valence-electron chi connectivity index (χ1n) is 9.84. The van der Waals surface area contributed by atoms with Crippen molar-refractivity contribution >= 4 is 11.4 Å². The lowest BCUT2D eigenvalue weighted by Gasteiger charge is -2.21. The Balaban J connectivity index is 1.75. The SMILES string of the molecule is CN(C)c1ccc(CNC(Cc2ccccc2)c2ccc(N(C)C)cc2)cc1. The van der Waals surface area contributed by atoms with Crippen molar-refractivity contribution in [2.45, 2.75) is 19.0 Å². The van der Waals surface area contributed by atoms with E-state index in [1.54, 1.807) is 0 Å². The minimum atomic E-state index is 0.270. The molecule has 0 aliphatic heterocycles. The van der Waals surface area contributed by atoms with E-state index in [9.17, 15) is 0 Å². The van der Waals surface area contributed by atoms with Crippen molar-refractivity contribution in [2.75, 3.05) is 38.0 Å². The van der Waals surface area contributed by atoms with Crippen molar-refractivity contribution in [3.63, 3.8) is 0 Å². The Morgan fingerprint density at radius 3 is 1.71 bits per heavy atom. The molecule has 3 rings (SSSR count). The van der Waals surface area contributed by atoms with Crippen LogP contribution in [-0.4, -0.2) is 28.2 Å². The largest absolute Gasteiger partial charge is 0.378 e. The molecule has 0 spiro atoms. The summed E-state index contributed by atoms with van der Waals surface area (Å²) >= 11 is 0. The molecular weight excluding hydrogens is 342 g/mol. The minimum absolute atomic E-state index is 0.270. The van der Waals surface area contributed by atoms with Crippen LogP contribution in [0.25, 0.3) is 0 Å². The van der Waals surface area contributed by atoms with Gasteiger partial charge in [0.05, 0.1) is 0 Å². The Kier molecular flexibility index (Phi) is 6.72. The number of rotatable bonds is 8. The van der Waals surface area contributed by atoms with Gasteiger partial charge in [-0.1, -0.05) is 54.6 Å². The zero-order valence-corrected chi connectivity index (χ0v) is 17.4. The van der Waals surface area contributed by atoms with E-state index < -0.39 is 0 Å². The molecule has 0 bridgehead atoms. The Hall–Kier alpha value is -2.78. The zero-order chi connectivity index (χ0) is 19.9. The summed E-state index contributed by atoms with van der Waals surface area (Å²) in [7, 11) is 8.29. The lowest BCUT2D eigenvalue weighted by molar-refractivity contribution is 0.530. The smallest absolute Gasteiger partial charge is 0.0363 e. The van der Waals surface area contributed by atoms with Crippen LogP contribution in [0.2, 0.25) is 0 Å². The predicted molar refractivity (Wildman–Crippen MR) is 121 cm³/mol. The molecule has 0 radical (unpaired) electrons. The molecule has 1 atom stereocenters. The van der Waals surface area contributed by atoms with Gasteiger partial charge in [0.15, 0.2) is 0 Å². The summed E-state index contributed by atoms with van der Waals surface area (Å²) in [4.78, 5) is 4.26. The third-order valence-corrected chi connectivity index (χ3v) is 5.10. The van der Waals surface area contributed by atoms with Crippen molar-refractivity contribution in [1.29, 1.82) is 0 Å². The molecule has 0 aliphatic carbocycles. The standard InChI is InChI=1S/C25H31N3/c1-27(2)23-14-10-21(11-15-23)19-26-25(18-20-8-6-5-7-9-20)22-12-16-24(17-13-22)28(3)4/h5-17,25-26H,18-19H2,1-4H3. The Labute approximate surface area is 169 Å². The molecule has 1 N–H and O–H groups in total. The molecule has 0 amide bonds. The highest BCUT2D eigenvalue weighted by atomic mass is 15.1. The lowest BCUT2D eigenvalue weighted by Crippen LogP contribution is -2.23. The Morgan fingerprint density at radius 2 is 1.18 bits per heavy atom. The molecule has 28 heavy (non-hydrogen) atoms. The van der Waals surface area contributed by atoms with E-state index in [4.69, 9.17) is 0 Å². The zero-order valence-electron chi connectivity index (χ0n) is 17.4. The van der Waals surface area contributed by atoms with Crippen molar-refractivity contribution in [1.82, 2.24) is 5.32 Å². The van der Waals surface area contributed by atoms with E-state index in [0.717, 1.165) is 13.0 Å². The third-order valence-electron chi connectivity index (χ3n) is 5.10. The molecule has 3 heteroatoms. The van der Waals surface area contributed by atoms with E-state index in [2.05, 4.69) is 122 Å². The van der Waals surface area contributed by atoms with Crippen LogP contribution in [0.3, 0.4) is 0 Å². The molecule has 0 saturated carbocycles. The second-order valence-corrected chi connectivity index (χ2v) is 7.67. The van der Waals surface area contributed by atoms with Gasteiger partial charge in [0.2, 0.25) is 0 Å². The monoisotopic (exact) mass is 373 g/mol. The first-order chi connectivity index (χ1) is 13.5. The molecule has 1 unspecified atom stereocenters. The van der Waals surface area contributed by atoms with Crippen LogP contribution in [0.15, 0.2) is 78.9 Å². The Morgan fingerprint density at radius 1 is 0.643 bits per heavy atom. The number of nitrogens with zero attached hydrogens (tertiary/aromatic N) is 2. The third kappa shape index (κ3) is 5.37. The van der Waals surface area contributed by atoms with Crippen molar-refractivity contribution < 1.29 is 0 Å². The van der Waals surface area contributed by atoms with Crippen molar-refractivity contribution in [2.24, 2.45) is 0 Å². The summed E-state index contributed by atoms with van der Waals surface area (Å²) in [6.07, 6.45) is 0.970. The van der Waals surface area contributed by atoms with Gasteiger partial charge in [0, 0.05) is 52.2 Å². The summed E-state index contributed by atoms with van der Waals surface area (Å²) in [6.45, 7) is 0.848. The second kappa shape index (κ2) is 9.43. The van der Waals surface area contributed by atoms with Gasteiger partial charge in [-0.15, -0.1) is 0 Å². The first-order valence-corrected chi connectivity index (χ1v) is 9.84. The average molecular weight is 374 g/mol. The molecule has 3 aromatic carbocycles. The summed E-state index contributed by atoms with van der Waals surface area (Å²) in [6, 6.07) is 28.6. The maximum atomic E-state index is 3.77. The minimum Gasteiger partial charge on any atom is -0.378 e. The lowest BCUT2D eigenvalue weighted by atomic mass is 9.98. The van der Waals surface area contributed by atoms with Gasteiger partial charge in [-0.3, -0.25) is 0 Å². The van der Waals surface area contributed by atoms with Crippen LogP contribution in [0.1, 0.15) is 22.7 Å². The van der Waals surface area contributed by atoms with Crippen LogP contribution < -0.4 is 15.1 Å². The Bertz CT molecular complexity index is 837. The van der Waals surface area contributed by atoms with Crippen molar-refractivity contribution in [3.05, 3.63) is 95.6 Å². The number of benzene rings is 3. The van der Waals surface area contributed by atoms with E-state index in [0.29, 0.717) is 0 Å². The van der Waals surface area contributed by atoms with Gasteiger partial charge in [-0.2, -0.15) is 0 Å². The molecular formula is C25H31N3. The van der Waals surface area contributed by atoms with Crippen LogP contribution in [0.5, 0.6) is 0 Å². The number of anilines is 2. The van der Waals surface area contributed by atoms with E-state index in [1.807, 2.05) is 0 Å². The number of nitrogens with one attached hydrogen (secondary N) is 1. The van der Waals surface area contributed by atoms with Crippen LogP contribution in [0, 0.1) is 0 Å². The molecule has 0 aliphatic rings. The van der Waals surface area contributed by atoms with Crippen LogP contribution in [-0.2, 0) is 13.0 Å². The predicted octanol–water partition coefficient (Wildman–Crippen LogP) is 4.89. The van der Waals surface area contributed by atoms with Gasteiger partial charge in [0.1, 0.15) is 0 Å². The molecule has 3 nitrogen and oxygen atoms in total. The van der Waals surface area contributed by atoms with Gasteiger partial charge < -0.3 is 15.1 Å². The van der Waals surface area contributed by atoms with Gasteiger partial charge in [0.25, 0.3) is 0 Å². The fourth-order valence-electron chi connectivity index (χ4n) is 3.32. The van der Waals surface area contributed by atoms with Crippen LogP contribution in [0.4, 0.5) is 11.4 Å². The van der Waals surface area contributed by atoms with Gasteiger partial charge in [-0.25, -0.2) is 0 Å².